The van der Waals surface area contributed by atoms with E-state index in [4.69, 9.17) is 0 Å². The number of benzene rings is 2. The monoisotopic (exact) mass is 406 g/mol. The summed E-state index contributed by atoms with van der Waals surface area (Å²) in [6, 6.07) is 15.7. The van der Waals surface area contributed by atoms with E-state index in [2.05, 4.69) is 15.9 Å². The number of anilines is 2. The Morgan fingerprint density at radius 3 is 2.08 bits per heavy atom. The highest BCUT2D eigenvalue weighted by Gasteiger charge is 2.54. The van der Waals surface area contributed by atoms with Crippen molar-refractivity contribution in [3.05, 3.63) is 59.1 Å². The van der Waals surface area contributed by atoms with E-state index < -0.39 is 9.84 Å². The third-order valence-corrected chi connectivity index (χ3v) is 6.68. The van der Waals surface area contributed by atoms with Crippen molar-refractivity contribution in [2.45, 2.75) is 12.1 Å². The van der Waals surface area contributed by atoms with Crippen LogP contribution in [0.2, 0.25) is 0 Å². The summed E-state index contributed by atoms with van der Waals surface area (Å²) >= 11 is 3.41. The average Bonchev–Trinajstić information content (AvgIpc) is 2.96. The van der Waals surface area contributed by atoms with E-state index in [1.807, 2.05) is 54.6 Å². The maximum absolute atomic E-state index is 13.1. The lowest BCUT2D eigenvalue weighted by Gasteiger charge is -2.22. The number of hydrogen-bond acceptors (Lipinski definition) is 3. The van der Waals surface area contributed by atoms with Crippen LogP contribution in [0.3, 0.4) is 0 Å². The SMILES string of the molecule is O=C1N(c2ccccc2)[C@@H]2CS(=O)(=O)C[C@H]2N1c1cccc(Br)c1. The summed E-state index contributed by atoms with van der Waals surface area (Å²) in [6.07, 6.45) is 0. The highest BCUT2D eigenvalue weighted by Crippen LogP contribution is 2.38. The Bertz CT molecular complexity index is 901. The van der Waals surface area contributed by atoms with Gasteiger partial charge in [0.1, 0.15) is 0 Å². The molecule has 124 valence electrons. The molecule has 2 atom stereocenters. The number of fused-ring (bicyclic) bond motifs is 1. The molecule has 2 heterocycles. The van der Waals surface area contributed by atoms with E-state index in [9.17, 15) is 13.2 Å². The molecule has 4 rings (SSSR count). The Labute approximate surface area is 148 Å². The minimum Gasteiger partial charge on any atom is -0.288 e. The molecule has 0 bridgehead atoms. The normalized spacial score (nSPS) is 25.1. The summed E-state index contributed by atoms with van der Waals surface area (Å²) in [5.74, 6) is 0.00204. The molecule has 24 heavy (non-hydrogen) atoms. The first-order chi connectivity index (χ1) is 11.5. The Balaban J connectivity index is 1.82. The molecule has 2 aromatic carbocycles. The van der Waals surface area contributed by atoms with E-state index >= 15 is 0 Å². The second-order valence-electron chi connectivity index (χ2n) is 6.05. The van der Waals surface area contributed by atoms with Gasteiger partial charge in [-0.05, 0) is 30.3 Å². The number of amides is 2. The van der Waals surface area contributed by atoms with Gasteiger partial charge in [0.2, 0.25) is 0 Å². The molecule has 2 fully saturated rings. The molecular formula is C17H15BrN2O3S. The van der Waals surface area contributed by atoms with Gasteiger partial charge in [-0.2, -0.15) is 0 Å². The van der Waals surface area contributed by atoms with Crippen molar-refractivity contribution in [3.8, 4) is 0 Å². The van der Waals surface area contributed by atoms with Crippen LogP contribution in [0.15, 0.2) is 59.1 Å². The Morgan fingerprint density at radius 1 is 0.875 bits per heavy atom. The molecule has 2 aliphatic heterocycles. The Hall–Kier alpha value is -1.86. The molecular weight excluding hydrogens is 392 g/mol. The number of rotatable bonds is 2. The molecule has 0 spiro atoms. The molecule has 2 saturated heterocycles. The maximum Gasteiger partial charge on any atom is 0.329 e. The second kappa shape index (κ2) is 5.60. The van der Waals surface area contributed by atoms with Crippen LogP contribution < -0.4 is 9.80 Å². The van der Waals surface area contributed by atoms with Gasteiger partial charge in [0.25, 0.3) is 0 Å². The summed E-state index contributed by atoms with van der Waals surface area (Å²) in [7, 11) is -3.17. The van der Waals surface area contributed by atoms with Crippen molar-refractivity contribution in [1.29, 1.82) is 0 Å². The van der Waals surface area contributed by atoms with Crippen LogP contribution in [-0.2, 0) is 9.84 Å². The average molecular weight is 407 g/mol. The van der Waals surface area contributed by atoms with Crippen molar-refractivity contribution < 1.29 is 13.2 Å². The van der Waals surface area contributed by atoms with Gasteiger partial charge in [-0.3, -0.25) is 9.80 Å². The first-order valence-corrected chi connectivity index (χ1v) is 10.2. The molecule has 0 saturated carbocycles. The second-order valence-corrected chi connectivity index (χ2v) is 9.12. The fourth-order valence-corrected chi connectivity index (χ4v) is 5.83. The van der Waals surface area contributed by atoms with Crippen molar-refractivity contribution in [2.75, 3.05) is 21.3 Å². The van der Waals surface area contributed by atoms with Crippen LogP contribution >= 0.6 is 15.9 Å². The molecule has 0 unspecified atom stereocenters. The van der Waals surface area contributed by atoms with Gasteiger partial charge < -0.3 is 0 Å². The number of urea groups is 1. The van der Waals surface area contributed by atoms with Gasteiger partial charge in [0, 0.05) is 15.8 Å². The number of carbonyl (C=O) groups excluding carboxylic acids is 1. The van der Waals surface area contributed by atoms with Crippen molar-refractivity contribution in [2.24, 2.45) is 0 Å². The van der Waals surface area contributed by atoms with Crippen LogP contribution in [0, 0.1) is 0 Å². The van der Waals surface area contributed by atoms with Gasteiger partial charge in [0.05, 0.1) is 23.6 Å². The predicted octanol–water partition coefficient (Wildman–Crippen LogP) is 3.06. The number of halogens is 1. The van der Waals surface area contributed by atoms with E-state index in [0.29, 0.717) is 5.69 Å². The maximum atomic E-state index is 13.1. The van der Waals surface area contributed by atoms with Gasteiger partial charge >= 0.3 is 6.03 Å². The predicted molar refractivity (Wildman–Crippen MR) is 97.2 cm³/mol. The molecule has 0 aliphatic carbocycles. The number of para-hydroxylation sites is 1. The quantitative estimate of drug-likeness (QED) is 0.720. The summed E-state index contributed by atoms with van der Waals surface area (Å²) in [6.45, 7) is 0. The molecule has 0 N–H and O–H groups in total. The number of carbonyl (C=O) groups is 1. The van der Waals surface area contributed by atoms with Crippen molar-refractivity contribution in [1.82, 2.24) is 0 Å². The number of nitrogens with zero attached hydrogens (tertiary/aromatic N) is 2. The fourth-order valence-electron chi connectivity index (χ4n) is 3.52. The lowest BCUT2D eigenvalue weighted by atomic mass is 10.1. The summed E-state index contributed by atoms with van der Waals surface area (Å²) in [5, 5.41) is 0. The van der Waals surface area contributed by atoms with Crippen molar-refractivity contribution in [3.63, 3.8) is 0 Å². The van der Waals surface area contributed by atoms with E-state index in [1.54, 1.807) is 9.80 Å². The highest BCUT2D eigenvalue weighted by atomic mass is 79.9. The van der Waals surface area contributed by atoms with E-state index in [0.717, 1.165) is 10.2 Å². The van der Waals surface area contributed by atoms with E-state index in [-0.39, 0.29) is 29.6 Å². The van der Waals surface area contributed by atoms with Crippen LogP contribution in [0.5, 0.6) is 0 Å². The summed E-state index contributed by atoms with van der Waals surface area (Å²) in [4.78, 5) is 16.3. The zero-order chi connectivity index (χ0) is 16.9. The smallest absolute Gasteiger partial charge is 0.288 e. The lowest BCUT2D eigenvalue weighted by Crippen LogP contribution is -2.37. The minimum atomic E-state index is -3.17. The molecule has 2 aliphatic rings. The first-order valence-electron chi connectivity index (χ1n) is 7.60. The van der Waals surface area contributed by atoms with Gasteiger partial charge in [-0.25, -0.2) is 13.2 Å². The van der Waals surface area contributed by atoms with Crippen LogP contribution in [0.1, 0.15) is 0 Å². The molecule has 2 amide bonds. The van der Waals surface area contributed by atoms with Crippen LogP contribution in [0.4, 0.5) is 16.2 Å². The number of sulfone groups is 1. The molecule has 5 nitrogen and oxygen atoms in total. The summed E-state index contributed by atoms with van der Waals surface area (Å²) in [5.41, 5.74) is 1.44. The third kappa shape index (κ3) is 2.52. The van der Waals surface area contributed by atoms with E-state index in [1.165, 1.54) is 0 Å². The number of hydrogen-bond donors (Lipinski definition) is 0. The summed E-state index contributed by atoms with van der Waals surface area (Å²) < 4.78 is 25.2. The largest absolute Gasteiger partial charge is 0.329 e. The Kier molecular flexibility index (Phi) is 3.65. The minimum absolute atomic E-state index is 0.000741. The Morgan fingerprint density at radius 2 is 1.46 bits per heavy atom. The third-order valence-electron chi connectivity index (χ3n) is 4.49. The van der Waals surface area contributed by atoms with Gasteiger partial charge in [0.15, 0.2) is 9.84 Å². The molecule has 0 aromatic heterocycles. The van der Waals surface area contributed by atoms with Crippen LogP contribution in [-0.4, -0.2) is 38.0 Å². The van der Waals surface area contributed by atoms with Crippen LogP contribution in [0.25, 0.3) is 0 Å². The van der Waals surface area contributed by atoms with Crippen molar-refractivity contribution >= 4 is 43.2 Å². The molecule has 2 aromatic rings. The zero-order valence-electron chi connectivity index (χ0n) is 12.7. The zero-order valence-corrected chi connectivity index (χ0v) is 15.1. The highest BCUT2D eigenvalue weighted by molar-refractivity contribution is 9.10. The lowest BCUT2D eigenvalue weighted by molar-refractivity contribution is 0.255. The molecule has 0 radical (unpaired) electrons. The standard InChI is InChI=1S/C17H15BrN2O3S/c18-12-5-4-8-14(9-12)20-16-11-24(22,23)10-15(16)19(17(20)21)13-6-2-1-3-7-13/h1-9,15-16H,10-11H2/t15-,16-/m1/s1. The fraction of sp³-hybridized carbons (Fsp3) is 0.235. The van der Waals surface area contributed by atoms with Gasteiger partial charge in [-0.15, -0.1) is 0 Å². The topological polar surface area (TPSA) is 57.7 Å². The molecule has 7 heteroatoms. The van der Waals surface area contributed by atoms with Gasteiger partial charge in [-0.1, -0.05) is 40.2 Å². The first kappa shape index (κ1) is 15.7.